The summed E-state index contributed by atoms with van der Waals surface area (Å²) in [6.07, 6.45) is 1.03. The summed E-state index contributed by atoms with van der Waals surface area (Å²) in [6.45, 7) is 0. The molecule has 1 aliphatic heterocycles. The van der Waals surface area contributed by atoms with Crippen LogP contribution in [0.25, 0.3) is 0 Å². The third kappa shape index (κ3) is 1.88. The maximum absolute atomic E-state index is 10.9. The highest BCUT2D eigenvalue weighted by Gasteiger charge is 2.32. The summed E-state index contributed by atoms with van der Waals surface area (Å²) in [7, 11) is 1.27. The average molecular weight is 192 g/mol. The number of hydrogen-bond donors (Lipinski definition) is 1. The molecule has 12 heavy (non-hydrogen) atoms. The Hall–Kier alpha value is -0.770. The van der Waals surface area contributed by atoms with Gasteiger partial charge in [0.2, 0.25) is 5.91 Å². The molecule has 1 amide bonds. The molecule has 1 rings (SSSR count). The fourth-order valence-corrected chi connectivity index (χ4v) is 1.41. The SMILES string of the molecule is COC(=O)C(Cl)C1CCC(=O)N1. The van der Waals surface area contributed by atoms with Crippen molar-refractivity contribution in [2.75, 3.05) is 7.11 Å². The van der Waals surface area contributed by atoms with Crippen molar-refractivity contribution in [3.05, 3.63) is 0 Å². The molecule has 2 unspecified atom stereocenters. The van der Waals surface area contributed by atoms with Crippen LogP contribution in [0.15, 0.2) is 0 Å². The van der Waals surface area contributed by atoms with Crippen LogP contribution in [0.2, 0.25) is 0 Å². The van der Waals surface area contributed by atoms with Gasteiger partial charge in [-0.3, -0.25) is 9.59 Å². The van der Waals surface area contributed by atoms with Crippen LogP contribution in [-0.4, -0.2) is 30.4 Å². The Balaban J connectivity index is 2.48. The summed E-state index contributed by atoms with van der Waals surface area (Å²) < 4.78 is 4.44. The van der Waals surface area contributed by atoms with Crippen LogP contribution in [0.4, 0.5) is 0 Å². The monoisotopic (exact) mass is 191 g/mol. The van der Waals surface area contributed by atoms with E-state index in [1.54, 1.807) is 0 Å². The number of halogens is 1. The van der Waals surface area contributed by atoms with Crippen molar-refractivity contribution in [3.8, 4) is 0 Å². The lowest BCUT2D eigenvalue weighted by Crippen LogP contribution is -2.38. The molecule has 0 aromatic carbocycles. The maximum atomic E-state index is 10.9. The Kier molecular flexibility index (Phi) is 2.92. The Morgan fingerprint density at radius 1 is 1.83 bits per heavy atom. The van der Waals surface area contributed by atoms with E-state index in [9.17, 15) is 9.59 Å². The molecule has 2 atom stereocenters. The van der Waals surface area contributed by atoms with Gasteiger partial charge in [-0.25, -0.2) is 0 Å². The normalized spacial score (nSPS) is 24.8. The van der Waals surface area contributed by atoms with Gasteiger partial charge >= 0.3 is 5.97 Å². The summed E-state index contributed by atoms with van der Waals surface area (Å²) in [5.41, 5.74) is 0. The van der Waals surface area contributed by atoms with Gasteiger partial charge in [0.1, 0.15) is 0 Å². The van der Waals surface area contributed by atoms with Gasteiger partial charge in [0.05, 0.1) is 13.2 Å². The highest BCUT2D eigenvalue weighted by atomic mass is 35.5. The zero-order valence-corrected chi connectivity index (χ0v) is 7.43. The molecule has 1 N–H and O–H groups in total. The highest BCUT2D eigenvalue weighted by molar-refractivity contribution is 6.30. The number of esters is 1. The van der Waals surface area contributed by atoms with Crippen molar-refractivity contribution >= 4 is 23.5 Å². The first-order valence-corrected chi connectivity index (χ1v) is 4.10. The van der Waals surface area contributed by atoms with Crippen LogP contribution < -0.4 is 5.32 Å². The molecule has 1 heterocycles. The molecule has 0 radical (unpaired) electrons. The van der Waals surface area contributed by atoms with Crippen molar-refractivity contribution in [2.45, 2.75) is 24.3 Å². The number of amides is 1. The fraction of sp³-hybridized carbons (Fsp3) is 0.714. The van der Waals surface area contributed by atoms with Gasteiger partial charge in [0.15, 0.2) is 5.38 Å². The molecular weight excluding hydrogens is 182 g/mol. The van der Waals surface area contributed by atoms with E-state index in [0.29, 0.717) is 12.8 Å². The van der Waals surface area contributed by atoms with Crippen molar-refractivity contribution in [2.24, 2.45) is 0 Å². The Morgan fingerprint density at radius 2 is 2.50 bits per heavy atom. The first-order chi connectivity index (χ1) is 5.65. The van der Waals surface area contributed by atoms with E-state index in [-0.39, 0.29) is 11.9 Å². The molecule has 0 aromatic rings. The predicted molar refractivity (Wildman–Crippen MR) is 42.8 cm³/mol. The smallest absolute Gasteiger partial charge is 0.325 e. The standard InChI is InChI=1S/C7H10ClNO3/c1-12-7(11)6(8)4-2-3-5(10)9-4/h4,6H,2-3H2,1H3,(H,9,10). The quantitative estimate of drug-likeness (QED) is 0.496. The molecular formula is C7H10ClNO3. The number of nitrogens with one attached hydrogen (secondary N) is 1. The highest BCUT2D eigenvalue weighted by Crippen LogP contribution is 2.15. The van der Waals surface area contributed by atoms with Crippen LogP contribution in [0.1, 0.15) is 12.8 Å². The lowest BCUT2D eigenvalue weighted by atomic mass is 10.1. The summed E-state index contributed by atoms with van der Waals surface area (Å²) in [5, 5.41) is 1.83. The Bertz CT molecular complexity index is 207. The van der Waals surface area contributed by atoms with E-state index in [1.165, 1.54) is 7.11 Å². The van der Waals surface area contributed by atoms with Gasteiger partial charge in [-0.05, 0) is 6.42 Å². The maximum Gasteiger partial charge on any atom is 0.325 e. The third-order valence-electron chi connectivity index (χ3n) is 1.81. The number of methoxy groups -OCH3 is 1. The summed E-state index contributed by atoms with van der Waals surface area (Å²) in [6, 6.07) is -0.272. The minimum Gasteiger partial charge on any atom is -0.468 e. The molecule has 0 bridgehead atoms. The number of hydrogen-bond acceptors (Lipinski definition) is 3. The van der Waals surface area contributed by atoms with Gasteiger partial charge in [-0.15, -0.1) is 11.6 Å². The second-order valence-electron chi connectivity index (χ2n) is 2.64. The largest absolute Gasteiger partial charge is 0.468 e. The summed E-state index contributed by atoms with van der Waals surface area (Å²) >= 11 is 5.71. The minimum absolute atomic E-state index is 0.0606. The first kappa shape index (κ1) is 9.32. The van der Waals surface area contributed by atoms with E-state index < -0.39 is 11.3 Å². The Morgan fingerprint density at radius 3 is 2.92 bits per heavy atom. The van der Waals surface area contributed by atoms with E-state index in [2.05, 4.69) is 10.1 Å². The van der Waals surface area contributed by atoms with Crippen LogP contribution >= 0.6 is 11.6 Å². The van der Waals surface area contributed by atoms with E-state index in [0.717, 1.165) is 0 Å². The van der Waals surface area contributed by atoms with E-state index in [1.807, 2.05) is 0 Å². The van der Waals surface area contributed by atoms with Crippen molar-refractivity contribution in [1.82, 2.24) is 5.32 Å². The molecule has 0 spiro atoms. The second-order valence-corrected chi connectivity index (χ2v) is 3.11. The molecule has 0 aromatic heterocycles. The topological polar surface area (TPSA) is 55.4 Å². The second kappa shape index (κ2) is 3.76. The number of rotatable bonds is 2. The number of carbonyl (C=O) groups excluding carboxylic acids is 2. The number of ether oxygens (including phenoxy) is 1. The van der Waals surface area contributed by atoms with Crippen LogP contribution in [-0.2, 0) is 14.3 Å². The minimum atomic E-state index is -0.763. The van der Waals surface area contributed by atoms with Gasteiger partial charge in [0.25, 0.3) is 0 Å². The number of alkyl halides is 1. The first-order valence-electron chi connectivity index (χ1n) is 3.66. The van der Waals surface area contributed by atoms with E-state index >= 15 is 0 Å². The Labute approximate surface area is 75.2 Å². The van der Waals surface area contributed by atoms with Gasteiger partial charge in [-0.1, -0.05) is 0 Å². The van der Waals surface area contributed by atoms with Crippen LogP contribution in [0.5, 0.6) is 0 Å². The molecule has 0 aliphatic carbocycles. The molecule has 5 heteroatoms. The van der Waals surface area contributed by atoms with Gasteiger partial charge in [-0.2, -0.15) is 0 Å². The molecule has 4 nitrogen and oxygen atoms in total. The van der Waals surface area contributed by atoms with Crippen molar-refractivity contribution < 1.29 is 14.3 Å². The van der Waals surface area contributed by atoms with Crippen molar-refractivity contribution in [3.63, 3.8) is 0 Å². The average Bonchev–Trinajstić information content (AvgIpc) is 2.49. The third-order valence-corrected chi connectivity index (χ3v) is 2.29. The molecule has 68 valence electrons. The predicted octanol–water partition coefficient (Wildman–Crippen LogP) is 0.0454. The van der Waals surface area contributed by atoms with Crippen LogP contribution in [0.3, 0.4) is 0 Å². The molecule has 1 aliphatic rings. The summed E-state index contributed by atoms with van der Waals surface area (Å²) in [5.74, 6) is -0.557. The lowest BCUT2D eigenvalue weighted by Gasteiger charge is -2.13. The molecule has 0 saturated carbocycles. The number of carbonyl (C=O) groups is 2. The summed E-state index contributed by atoms with van der Waals surface area (Å²) in [4.78, 5) is 21.6. The van der Waals surface area contributed by atoms with Crippen LogP contribution in [0, 0.1) is 0 Å². The van der Waals surface area contributed by atoms with Gasteiger partial charge < -0.3 is 10.1 Å². The zero-order chi connectivity index (χ0) is 9.14. The molecule has 1 saturated heterocycles. The van der Waals surface area contributed by atoms with Crippen molar-refractivity contribution in [1.29, 1.82) is 0 Å². The molecule has 1 fully saturated rings. The fourth-order valence-electron chi connectivity index (χ4n) is 1.13. The van der Waals surface area contributed by atoms with E-state index in [4.69, 9.17) is 11.6 Å². The lowest BCUT2D eigenvalue weighted by molar-refractivity contribution is -0.140. The zero-order valence-electron chi connectivity index (χ0n) is 6.67. The van der Waals surface area contributed by atoms with Gasteiger partial charge in [0, 0.05) is 6.42 Å².